The van der Waals surface area contributed by atoms with E-state index in [4.69, 9.17) is 4.42 Å². The van der Waals surface area contributed by atoms with Gasteiger partial charge in [0.05, 0.1) is 0 Å². The predicted octanol–water partition coefficient (Wildman–Crippen LogP) is 2.85. The third kappa shape index (κ3) is 4.47. The Kier molecular flexibility index (Phi) is 5.11. The quantitative estimate of drug-likeness (QED) is 0.672. The van der Waals surface area contributed by atoms with Gasteiger partial charge in [-0.05, 0) is 43.3 Å². The Morgan fingerprint density at radius 2 is 1.65 bits per heavy atom. The molecule has 1 aromatic carbocycles. The van der Waals surface area contributed by atoms with Crippen molar-refractivity contribution in [2.24, 2.45) is 0 Å². The second-order valence-corrected chi connectivity index (χ2v) is 5.53. The van der Waals surface area contributed by atoms with Crippen LogP contribution in [0.4, 0.5) is 0 Å². The van der Waals surface area contributed by atoms with Crippen molar-refractivity contribution in [3.05, 3.63) is 66.3 Å². The minimum atomic E-state index is 0.583. The molecule has 0 bridgehead atoms. The van der Waals surface area contributed by atoms with Crippen molar-refractivity contribution in [3.8, 4) is 11.5 Å². The average molecular weight is 308 g/mol. The van der Waals surface area contributed by atoms with Crippen LogP contribution in [0.1, 0.15) is 11.5 Å². The number of rotatable bonds is 7. The first-order valence-corrected chi connectivity index (χ1v) is 7.76. The van der Waals surface area contributed by atoms with Crippen LogP contribution in [0.2, 0.25) is 0 Å². The zero-order chi connectivity index (χ0) is 15.9. The number of pyridine rings is 1. The van der Waals surface area contributed by atoms with E-state index in [1.807, 2.05) is 42.7 Å². The minimum Gasteiger partial charge on any atom is -0.421 e. The van der Waals surface area contributed by atoms with Crippen molar-refractivity contribution < 1.29 is 4.42 Å². The Labute approximate surface area is 136 Å². The molecule has 23 heavy (non-hydrogen) atoms. The van der Waals surface area contributed by atoms with Crippen LogP contribution < -0.4 is 0 Å². The van der Waals surface area contributed by atoms with Gasteiger partial charge in [-0.15, -0.1) is 10.2 Å². The second kappa shape index (κ2) is 7.65. The number of benzene rings is 1. The van der Waals surface area contributed by atoms with Crippen LogP contribution in [0.25, 0.3) is 11.5 Å². The first-order chi connectivity index (χ1) is 11.3. The van der Waals surface area contributed by atoms with E-state index in [0.29, 0.717) is 11.8 Å². The Hall–Kier alpha value is -2.53. The van der Waals surface area contributed by atoms with Gasteiger partial charge < -0.3 is 9.32 Å². The molecule has 0 aliphatic heterocycles. The van der Waals surface area contributed by atoms with Crippen LogP contribution in [-0.2, 0) is 12.8 Å². The monoisotopic (exact) mass is 308 g/mol. The predicted molar refractivity (Wildman–Crippen MR) is 88.9 cm³/mol. The lowest BCUT2D eigenvalue weighted by Gasteiger charge is -2.15. The van der Waals surface area contributed by atoms with Gasteiger partial charge in [0.2, 0.25) is 11.8 Å². The number of hydrogen-bond donors (Lipinski definition) is 0. The summed E-state index contributed by atoms with van der Waals surface area (Å²) in [5.74, 6) is 1.26. The van der Waals surface area contributed by atoms with Gasteiger partial charge in [-0.1, -0.05) is 18.2 Å². The van der Waals surface area contributed by atoms with Crippen molar-refractivity contribution in [2.75, 3.05) is 20.1 Å². The molecule has 0 amide bonds. The van der Waals surface area contributed by atoms with E-state index in [1.165, 1.54) is 5.56 Å². The Morgan fingerprint density at radius 3 is 2.43 bits per heavy atom. The number of nitrogens with zero attached hydrogens (tertiary/aromatic N) is 4. The van der Waals surface area contributed by atoms with Crippen LogP contribution in [0.5, 0.6) is 0 Å². The highest BCUT2D eigenvalue weighted by molar-refractivity contribution is 5.51. The number of aromatic nitrogens is 3. The fraction of sp³-hybridized carbons (Fsp3) is 0.278. The van der Waals surface area contributed by atoms with E-state index >= 15 is 0 Å². The molecule has 3 aromatic rings. The summed E-state index contributed by atoms with van der Waals surface area (Å²) in [6.45, 7) is 1.88. The molecule has 0 saturated heterocycles. The third-order valence-corrected chi connectivity index (χ3v) is 3.73. The molecule has 2 aromatic heterocycles. The smallest absolute Gasteiger partial charge is 0.247 e. The summed E-state index contributed by atoms with van der Waals surface area (Å²) in [6, 6.07) is 13.9. The van der Waals surface area contributed by atoms with Crippen molar-refractivity contribution in [1.29, 1.82) is 0 Å². The standard InChI is InChI=1S/C18H20N4O/c1-22(13-9-15-7-11-19-12-8-15)14-10-17-20-21-18(23-17)16-5-3-2-4-6-16/h2-8,11-12H,9-10,13-14H2,1H3. The number of hydrogen-bond acceptors (Lipinski definition) is 5. The first kappa shape index (κ1) is 15.4. The van der Waals surface area contributed by atoms with Gasteiger partial charge in [0.25, 0.3) is 0 Å². The van der Waals surface area contributed by atoms with Gasteiger partial charge in [-0.25, -0.2) is 0 Å². The van der Waals surface area contributed by atoms with E-state index in [1.54, 1.807) is 0 Å². The third-order valence-electron chi connectivity index (χ3n) is 3.73. The summed E-state index contributed by atoms with van der Waals surface area (Å²) >= 11 is 0. The lowest BCUT2D eigenvalue weighted by Crippen LogP contribution is -2.23. The molecule has 0 unspecified atom stereocenters. The highest BCUT2D eigenvalue weighted by Gasteiger charge is 2.09. The molecule has 0 radical (unpaired) electrons. The van der Waals surface area contributed by atoms with Gasteiger partial charge in [0, 0.05) is 37.5 Å². The van der Waals surface area contributed by atoms with Crippen molar-refractivity contribution in [1.82, 2.24) is 20.1 Å². The molecule has 0 aliphatic carbocycles. The highest BCUT2D eigenvalue weighted by Crippen LogP contribution is 2.17. The molecule has 0 atom stereocenters. The lowest BCUT2D eigenvalue weighted by atomic mass is 10.2. The lowest BCUT2D eigenvalue weighted by molar-refractivity contribution is 0.329. The maximum absolute atomic E-state index is 5.73. The van der Waals surface area contributed by atoms with E-state index in [0.717, 1.165) is 31.5 Å². The van der Waals surface area contributed by atoms with E-state index < -0.39 is 0 Å². The molecular weight excluding hydrogens is 288 g/mol. The Bertz CT molecular complexity index is 712. The molecule has 5 heteroatoms. The topological polar surface area (TPSA) is 55.1 Å². The largest absolute Gasteiger partial charge is 0.421 e. The second-order valence-electron chi connectivity index (χ2n) is 5.53. The van der Waals surface area contributed by atoms with Crippen molar-refractivity contribution >= 4 is 0 Å². The molecule has 0 spiro atoms. The normalized spacial score (nSPS) is 11.0. The van der Waals surface area contributed by atoms with Gasteiger partial charge in [-0.3, -0.25) is 4.98 Å². The fourth-order valence-electron chi connectivity index (χ4n) is 2.32. The van der Waals surface area contributed by atoms with Crippen molar-refractivity contribution in [3.63, 3.8) is 0 Å². The summed E-state index contributed by atoms with van der Waals surface area (Å²) < 4.78 is 5.73. The van der Waals surface area contributed by atoms with E-state index in [2.05, 4.69) is 39.3 Å². The van der Waals surface area contributed by atoms with Gasteiger partial charge >= 0.3 is 0 Å². The summed E-state index contributed by atoms with van der Waals surface area (Å²) in [5, 5.41) is 8.25. The van der Waals surface area contributed by atoms with Crippen LogP contribution in [0, 0.1) is 0 Å². The van der Waals surface area contributed by atoms with E-state index in [-0.39, 0.29) is 0 Å². The minimum absolute atomic E-state index is 0.583. The molecule has 0 saturated carbocycles. The van der Waals surface area contributed by atoms with Crippen LogP contribution in [-0.4, -0.2) is 40.2 Å². The molecule has 0 fully saturated rings. The molecule has 0 aliphatic rings. The maximum Gasteiger partial charge on any atom is 0.247 e. The molecule has 0 N–H and O–H groups in total. The Morgan fingerprint density at radius 1 is 0.913 bits per heavy atom. The number of likely N-dealkylation sites (N-methyl/N-ethyl adjacent to an activating group) is 1. The zero-order valence-corrected chi connectivity index (χ0v) is 13.2. The van der Waals surface area contributed by atoms with E-state index in [9.17, 15) is 0 Å². The molecule has 3 rings (SSSR count). The van der Waals surface area contributed by atoms with Crippen LogP contribution in [0.15, 0.2) is 59.3 Å². The van der Waals surface area contributed by atoms with Gasteiger partial charge in [-0.2, -0.15) is 0 Å². The SMILES string of the molecule is CN(CCc1ccncc1)CCc1nnc(-c2ccccc2)o1. The van der Waals surface area contributed by atoms with Gasteiger partial charge in [0.1, 0.15) is 0 Å². The molecular formula is C18H20N4O. The van der Waals surface area contributed by atoms with Crippen LogP contribution >= 0.6 is 0 Å². The maximum atomic E-state index is 5.73. The summed E-state index contributed by atoms with van der Waals surface area (Å²) in [6.07, 6.45) is 5.43. The summed E-state index contributed by atoms with van der Waals surface area (Å²) in [5.41, 5.74) is 2.26. The fourth-order valence-corrected chi connectivity index (χ4v) is 2.32. The van der Waals surface area contributed by atoms with Gasteiger partial charge in [0.15, 0.2) is 0 Å². The average Bonchev–Trinajstić information content (AvgIpc) is 3.09. The summed E-state index contributed by atoms with van der Waals surface area (Å²) in [4.78, 5) is 6.31. The Balaban J connectivity index is 1.48. The van der Waals surface area contributed by atoms with Crippen LogP contribution in [0.3, 0.4) is 0 Å². The van der Waals surface area contributed by atoms with Crippen molar-refractivity contribution in [2.45, 2.75) is 12.8 Å². The first-order valence-electron chi connectivity index (χ1n) is 7.76. The molecule has 5 nitrogen and oxygen atoms in total. The zero-order valence-electron chi connectivity index (χ0n) is 13.2. The summed E-state index contributed by atoms with van der Waals surface area (Å²) in [7, 11) is 2.11. The highest BCUT2D eigenvalue weighted by atomic mass is 16.4. The molecule has 2 heterocycles. The molecule has 118 valence electrons.